The van der Waals surface area contributed by atoms with E-state index in [1.54, 1.807) is 12.1 Å². The Morgan fingerprint density at radius 2 is 1.88 bits per heavy atom. The van der Waals surface area contributed by atoms with Crippen LogP contribution in [0.3, 0.4) is 0 Å². The second-order valence-electron chi connectivity index (χ2n) is 5.36. The summed E-state index contributed by atoms with van der Waals surface area (Å²) in [5.41, 5.74) is 7.13. The molecular weight excluding hydrogens is 215 g/mol. The zero-order chi connectivity index (χ0) is 11.8. The molecule has 17 heavy (non-hydrogen) atoms. The van der Waals surface area contributed by atoms with Crippen molar-refractivity contribution in [2.24, 2.45) is 5.73 Å². The highest BCUT2D eigenvalue weighted by Crippen LogP contribution is 2.37. The van der Waals surface area contributed by atoms with Crippen LogP contribution in [0.5, 0.6) is 0 Å². The van der Waals surface area contributed by atoms with Crippen molar-refractivity contribution in [3.05, 3.63) is 30.1 Å². The van der Waals surface area contributed by atoms with Crippen LogP contribution in [0.2, 0.25) is 0 Å². The molecule has 0 aliphatic carbocycles. The first kappa shape index (κ1) is 11.0. The van der Waals surface area contributed by atoms with E-state index in [2.05, 4.69) is 4.90 Å². The SMILES string of the molecule is NC1CC2CCCC(C1)N2c1cccc(F)c1. The Balaban J connectivity index is 1.91. The molecule has 2 aliphatic heterocycles. The molecule has 2 unspecified atom stereocenters. The highest BCUT2D eigenvalue weighted by atomic mass is 19.1. The zero-order valence-corrected chi connectivity index (χ0v) is 9.98. The molecule has 0 amide bonds. The van der Waals surface area contributed by atoms with Crippen molar-refractivity contribution in [3.8, 4) is 0 Å². The summed E-state index contributed by atoms with van der Waals surface area (Å²) in [5.74, 6) is -0.143. The highest BCUT2D eigenvalue weighted by Gasteiger charge is 2.37. The van der Waals surface area contributed by atoms with Crippen LogP contribution in [0.25, 0.3) is 0 Å². The molecule has 2 nitrogen and oxygen atoms in total. The Morgan fingerprint density at radius 1 is 1.18 bits per heavy atom. The Hall–Kier alpha value is -1.09. The van der Waals surface area contributed by atoms with Gasteiger partial charge in [0, 0.05) is 23.8 Å². The second-order valence-corrected chi connectivity index (χ2v) is 5.36. The van der Waals surface area contributed by atoms with Crippen LogP contribution >= 0.6 is 0 Å². The zero-order valence-electron chi connectivity index (χ0n) is 9.98. The van der Waals surface area contributed by atoms with Crippen molar-refractivity contribution in [2.75, 3.05) is 4.90 Å². The number of nitrogens with two attached hydrogens (primary N) is 1. The quantitative estimate of drug-likeness (QED) is 0.809. The molecule has 92 valence electrons. The minimum absolute atomic E-state index is 0.143. The van der Waals surface area contributed by atoms with E-state index in [0.29, 0.717) is 18.1 Å². The number of benzene rings is 1. The van der Waals surface area contributed by atoms with E-state index >= 15 is 0 Å². The smallest absolute Gasteiger partial charge is 0.125 e. The maximum absolute atomic E-state index is 13.3. The molecular formula is C14H19FN2. The largest absolute Gasteiger partial charge is 0.365 e. The molecule has 3 rings (SSSR count). The highest BCUT2D eigenvalue weighted by molar-refractivity contribution is 5.50. The van der Waals surface area contributed by atoms with E-state index in [0.717, 1.165) is 18.5 Å². The minimum Gasteiger partial charge on any atom is -0.365 e. The van der Waals surface area contributed by atoms with Gasteiger partial charge in [-0.3, -0.25) is 0 Å². The van der Waals surface area contributed by atoms with Gasteiger partial charge in [-0.15, -0.1) is 0 Å². The number of piperidine rings is 2. The van der Waals surface area contributed by atoms with Gasteiger partial charge >= 0.3 is 0 Å². The molecule has 0 spiro atoms. The molecule has 3 heteroatoms. The summed E-state index contributed by atoms with van der Waals surface area (Å²) >= 11 is 0. The molecule has 2 atom stereocenters. The van der Waals surface area contributed by atoms with E-state index in [4.69, 9.17) is 5.73 Å². The van der Waals surface area contributed by atoms with E-state index in [1.807, 2.05) is 6.07 Å². The molecule has 2 aliphatic rings. The van der Waals surface area contributed by atoms with Gasteiger partial charge in [0.2, 0.25) is 0 Å². The number of fused-ring (bicyclic) bond motifs is 2. The molecule has 2 bridgehead atoms. The van der Waals surface area contributed by atoms with Gasteiger partial charge in [0.1, 0.15) is 5.82 Å². The van der Waals surface area contributed by atoms with E-state index in [9.17, 15) is 4.39 Å². The standard InChI is InChI=1S/C14H19FN2/c15-10-3-1-4-12(7-10)17-13-5-2-6-14(17)9-11(16)8-13/h1,3-4,7,11,13-14H,2,5-6,8-9,16H2. The van der Waals surface area contributed by atoms with Crippen LogP contribution in [0.15, 0.2) is 24.3 Å². The third kappa shape index (κ3) is 2.04. The third-order valence-electron chi connectivity index (χ3n) is 4.12. The molecule has 2 fully saturated rings. The normalized spacial score (nSPS) is 32.6. The number of nitrogens with zero attached hydrogens (tertiary/aromatic N) is 1. The maximum atomic E-state index is 13.3. The first-order chi connectivity index (χ1) is 8.24. The van der Waals surface area contributed by atoms with Gasteiger partial charge in [-0.05, 0) is 50.3 Å². The molecule has 2 heterocycles. The van der Waals surface area contributed by atoms with Gasteiger partial charge in [-0.1, -0.05) is 6.07 Å². The Bertz CT molecular complexity index is 393. The maximum Gasteiger partial charge on any atom is 0.125 e. The summed E-state index contributed by atoms with van der Waals surface area (Å²) in [6.07, 6.45) is 5.77. The Labute approximate surface area is 102 Å². The number of halogens is 1. The summed E-state index contributed by atoms with van der Waals surface area (Å²) < 4.78 is 13.3. The van der Waals surface area contributed by atoms with Crippen LogP contribution < -0.4 is 10.6 Å². The Kier molecular flexibility index (Phi) is 2.79. The number of hydrogen-bond donors (Lipinski definition) is 1. The van der Waals surface area contributed by atoms with Gasteiger partial charge in [-0.2, -0.15) is 0 Å². The average molecular weight is 234 g/mol. The van der Waals surface area contributed by atoms with Crippen molar-refractivity contribution >= 4 is 5.69 Å². The predicted octanol–water partition coefficient (Wildman–Crippen LogP) is 2.67. The van der Waals surface area contributed by atoms with Gasteiger partial charge in [-0.25, -0.2) is 4.39 Å². The van der Waals surface area contributed by atoms with Crippen LogP contribution in [-0.2, 0) is 0 Å². The van der Waals surface area contributed by atoms with Gasteiger partial charge in [0.15, 0.2) is 0 Å². The first-order valence-corrected chi connectivity index (χ1v) is 6.53. The summed E-state index contributed by atoms with van der Waals surface area (Å²) in [4.78, 5) is 2.41. The molecule has 2 N–H and O–H groups in total. The third-order valence-corrected chi connectivity index (χ3v) is 4.12. The fraction of sp³-hybridized carbons (Fsp3) is 0.571. The first-order valence-electron chi connectivity index (χ1n) is 6.53. The topological polar surface area (TPSA) is 29.3 Å². The second kappa shape index (κ2) is 4.30. The summed E-state index contributed by atoms with van der Waals surface area (Å²) in [5, 5.41) is 0. The lowest BCUT2D eigenvalue weighted by Crippen LogP contribution is -2.55. The van der Waals surface area contributed by atoms with E-state index in [1.165, 1.54) is 25.3 Å². The van der Waals surface area contributed by atoms with Crippen LogP contribution in [-0.4, -0.2) is 18.1 Å². The molecule has 1 aromatic carbocycles. The molecule has 1 aromatic rings. The van der Waals surface area contributed by atoms with E-state index in [-0.39, 0.29) is 5.82 Å². The number of anilines is 1. The molecule has 2 saturated heterocycles. The van der Waals surface area contributed by atoms with Gasteiger partial charge in [0.25, 0.3) is 0 Å². The molecule has 0 saturated carbocycles. The lowest BCUT2D eigenvalue weighted by Gasteiger charge is -2.49. The van der Waals surface area contributed by atoms with Gasteiger partial charge in [0.05, 0.1) is 0 Å². The molecule has 0 aromatic heterocycles. The fourth-order valence-electron chi connectivity index (χ4n) is 3.48. The predicted molar refractivity (Wildman–Crippen MR) is 67.5 cm³/mol. The summed E-state index contributed by atoms with van der Waals surface area (Å²) in [6.45, 7) is 0. The van der Waals surface area contributed by atoms with Crippen molar-refractivity contribution in [1.82, 2.24) is 0 Å². The number of rotatable bonds is 1. The fourth-order valence-corrected chi connectivity index (χ4v) is 3.48. The van der Waals surface area contributed by atoms with Crippen molar-refractivity contribution in [3.63, 3.8) is 0 Å². The van der Waals surface area contributed by atoms with Crippen molar-refractivity contribution in [1.29, 1.82) is 0 Å². The number of hydrogen-bond acceptors (Lipinski definition) is 2. The van der Waals surface area contributed by atoms with Gasteiger partial charge < -0.3 is 10.6 Å². The van der Waals surface area contributed by atoms with Crippen LogP contribution in [0.1, 0.15) is 32.1 Å². The lowest BCUT2D eigenvalue weighted by molar-refractivity contribution is 0.271. The van der Waals surface area contributed by atoms with Crippen LogP contribution in [0.4, 0.5) is 10.1 Å². The van der Waals surface area contributed by atoms with Crippen molar-refractivity contribution < 1.29 is 4.39 Å². The molecule has 0 radical (unpaired) electrons. The lowest BCUT2D eigenvalue weighted by atomic mass is 9.81. The van der Waals surface area contributed by atoms with Crippen LogP contribution in [0, 0.1) is 5.82 Å². The minimum atomic E-state index is -0.143. The Morgan fingerprint density at radius 3 is 2.53 bits per heavy atom. The van der Waals surface area contributed by atoms with E-state index < -0.39 is 0 Å². The summed E-state index contributed by atoms with van der Waals surface area (Å²) in [6, 6.07) is 8.34. The average Bonchev–Trinajstić information content (AvgIpc) is 2.27. The van der Waals surface area contributed by atoms with Crippen molar-refractivity contribution in [2.45, 2.75) is 50.2 Å². The monoisotopic (exact) mass is 234 g/mol. The summed E-state index contributed by atoms with van der Waals surface area (Å²) in [7, 11) is 0.